The molecule has 1 rings (SSSR count). The van der Waals surface area contributed by atoms with Crippen LogP contribution >= 0.6 is 0 Å². The van der Waals surface area contributed by atoms with Gasteiger partial charge in [0.05, 0.1) is 12.2 Å². The Bertz CT molecular complexity index is 397. The maximum absolute atomic E-state index is 11.3. The van der Waals surface area contributed by atoms with Crippen molar-refractivity contribution in [1.82, 2.24) is 15.1 Å². The molecule has 0 aliphatic heterocycles. The van der Waals surface area contributed by atoms with Crippen LogP contribution in [0.1, 0.15) is 30.3 Å². The summed E-state index contributed by atoms with van der Waals surface area (Å²) < 4.78 is 1.85. The van der Waals surface area contributed by atoms with Gasteiger partial charge in [-0.2, -0.15) is 5.10 Å². The third-order valence-corrected chi connectivity index (χ3v) is 3.08. The second kappa shape index (κ2) is 5.82. The summed E-state index contributed by atoms with van der Waals surface area (Å²) in [4.78, 5) is 11.3. The zero-order chi connectivity index (χ0) is 13.0. The van der Waals surface area contributed by atoms with Gasteiger partial charge in [-0.15, -0.1) is 0 Å². The standard InChI is InChI=1S/C12H22N4O/c1-5-6-14-11(12(13)17)7-16-10(4)8(2)9(3)15-16/h11,14H,5-7H2,1-4H3,(H2,13,17). The number of aromatic nitrogens is 2. The zero-order valence-corrected chi connectivity index (χ0v) is 11.1. The van der Waals surface area contributed by atoms with Crippen molar-refractivity contribution in [3.63, 3.8) is 0 Å². The van der Waals surface area contributed by atoms with E-state index in [1.807, 2.05) is 25.5 Å². The molecular weight excluding hydrogens is 216 g/mol. The van der Waals surface area contributed by atoms with Gasteiger partial charge in [0.25, 0.3) is 0 Å². The van der Waals surface area contributed by atoms with Crippen LogP contribution in [0.4, 0.5) is 0 Å². The van der Waals surface area contributed by atoms with E-state index in [0.29, 0.717) is 6.54 Å². The van der Waals surface area contributed by atoms with Gasteiger partial charge >= 0.3 is 0 Å². The lowest BCUT2D eigenvalue weighted by molar-refractivity contribution is -0.120. The summed E-state index contributed by atoms with van der Waals surface area (Å²) in [7, 11) is 0. The summed E-state index contributed by atoms with van der Waals surface area (Å²) >= 11 is 0. The van der Waals surface area contributed by atoms with E-state index in [0.717, 1.165) is 24.4 Å². The molecule has 5 heteroatoms. The van der Waals surface area contributed by atoms with Crippen LogP contribution in [0.5, 0.6) is 0 Å². The van der Waals surface area contributed by atoms with Crippen LogP contribution in [0.25, 0.3) is 0 Å². The third-order valence-electron chi connectivity index (χ3n) is 3.08. The average molecular weight is 238 g/mol. The Labute approximate surface area is 102 Å². The van der Waals surface area contributed by atoms with E-state index in [2.05, 4.69) is 17.3 Å². The highest BCUT2D eigenvalue weighted by atomic mass is 16.1. The maximum atomic E-state index is 11.3. The molecule has 0 aliphatic carbocycles. The van der Waals surface area contributed by atoms with Gasteiger partial charge in [-0.25, -0.2) is 0 Å². The summed E-state index contributed by atoms with van der Waals surface area (Å²) in [5.41, 5.74) is 8.64. The van der Waals surface area contributed by atoms with Crippen LogP contribution < -0.4 is 11.1 Å². The van der Waals surface area contributed by atoms with E-state index in [-0.39, 0.29) is 11.9 Å². The number of primary amides is 1. The predicted octanol–water partition coefficient (Wildman–Crippen LogP) is 0.662. The number of rotatable bonds is 6. The highest BCUT2D eigenvalue weighted by Crippen LogP contribution is 2.11. The first-order chi connectivity index (χ1) is 7.97. The molecule has 0 radical (unpaired) electrons. The molecule has 0 aliphatic rings. The largest absolute Gasteiger partial charge is 0.368 e. The molecule has 1 aromatic heterocycles. The SMILES string of the molecule is CCCNC(Cn1nc(C)c(C)c1C)C(N)=O. The van der Waals surface area contributed by atoms with Gasteiger partial charge in [-0.3, -0.25) is 9.48 Å². The van der Waals surface area contributed by atoms with Gasteiger partial charge in [-0.05, 0) is 39.3 Å². The molecule has 1 unspecified atom stereocenters. The molecule has 1 atom stereocenters. The van der Waals surface area contributed by atoms with Crippen LogP contribution in [-0.2, 0) is 11.3 Å². The van der Waals surface area contributed by atoms with Gasteiger partial charge in [-0.1, -0.05) is 6.92 Å². The highest BCUT2D eigenvalue weighted by molar-refractivity contribution is 5.79. The Balaban J connectivity index is 2.78. The molecule has 0 fully saturated rings. The molecule has 3 N–H and O–H groups in total. The van der Waals surface area contributed by atoms with Crippen molar-refractivity contribution in [3.05, 3.63) is 17.0 Å². The number of nitrogens with two attached hydrogens (primary N) is 1. The first kappa shape index (κ1) is 13.7. The average Bonchev–Trinajstić information content (AvgIpc) is 2.51. The lowest BCUT2D eigenvalue weighted by Crippen LogP contribution is -2.44. The van der Waals surface area contributed by atoms with E-state index in [1.165, 1.54) is 5.56 Å². The molecule has 1 aromatic rings. The highest BCUT2D eigenvalue weighted by Gasteiger charge is 2.17. The molecule has 0 aromatic carbocycles. The minimum absolute atomic E-state index is 0.330. The summed E-state index contributed by atoms with van der Waals surface area (Å²) in [6.07, 6.45) is 0.972. The smallest absolute Gasteiger partial charge is 0.236 e. The number of nitrogens with zero attached hydrogens (tertiary/aromatic N) is 2. The fourth-order valence-electron chi connectivity index (χ4n) is 1.71. The topological polar surface area (TPSA) is 72.9 Å². The Kier molecular flexibility index (Phi) is 4.69. The van der Waals surface area contributed by atoms with Crippen molar-refractivity contribution in [3.8, 4) is 0 Å². The van der Waals surface area contributed by atoms with Gasteiger partial charge in [0.15, 0.2) is 0 Å². The minimum atomic E-state index is -0.354. The summed E-state index contributed by atoms with van der Waals surface area (Å²) in [6.45, 7) is 9.35. The number of hydrogen-bond acceptors (Lipinski definition) is 3. The van der Waals surface area contributed by atoms with E-state index in [1.54, 1.807) is 0 Å². The van der Waals surface area contributed by atoms with Crippen molar-refractivity contribution >= 4 is 5.91 Å². The first-order valence-corrected chi connectivity index (χ1v) is 6.00. The van der Waals surface area contributed by atoms with E-state index >= 15 is 0 Å². The summed E-state index contributed by atoms with van der Waals surface area (Å²) in [6, 6.07) is -0.354. The van der Waals surface area contributed by atoms with Crippen molar-refractivity contribution in [2.24, 2.45) is 5.73 Å². The number of amides is 1. The van der Waals surface area contributed by atoms with Crippen LogP contribution in [0.15, 0.2) is 0 Å². The van der Waals surface area contributed by atoms with Gasteiger partial charge < -0.3 is 11.1 Å². The van der Waals surface area contributed by atoms with Crippen molar-refractivity contribution < 1.29 is 4.79 Å². The van der Waals surface area contributed by atoms with Crippen LogP contribution in [0, 0.1) is 20.8 Å². The zero-order valence-electron chi connectivity index (χ0n) is 11.1. The fraction of sp³-hybridized carbons (Fsp3) is 0.667. The summed E-state index contributed by atoms with van der Waals surface area (Å²) in [5, 5.41) is 7.55. The molecule has 0 saturated carbocycles. The van der Waals surface area contributed by atoms with E-state index in [9.17, 15) is 4.79 Å². The fourth-order valence-corrected chi connectivity index (χ4v) is 1.71. The number of carbonyl (C=O) groups is 1. The number of nitrogens with one attached hydrogen (secondary N) is 1. The van der Waals surface area contributed by atoms with Crippen LogP contribution in [0.2, 0.25) is 0 Å². The predicted molar refractivity (Wildman–Crippen MR) is 67.7 cm³/mol. The normalized spacial score (nSPS) is 12.7. The monoisotopic (exact) mass is 238 g/mol. The number of hydrogen-bond donors (Lipinski definition) is 2. The molecule has 96 valence electrons. The molecule has 0 spiro atoms. The van der Waals surface area contributed by atoms with Crippen LogP contribution in [-0.4, -0.2) is 28.3 Å². The Hall–Kier alpha value is -1.36. The van der Waals surface area contributed by atoms with Gasteiger partial charge in [0.1, 0.15) is 6.04 Å². The molecule has 5 nitrogen and oxygen atoms in total. The van der Waals surface area contributed by atoms with Crippen molar-refractivity contribution in [1.29, 1.82) is 0 Å². The molecule has 1 heterocycles. The number of carbonyl (C=O) groups excluding carboxylic acids is 1. The molecule has 0 bridgehead atoms. The maximum Gasteiger partial charge on any atom is 0.236 e. The molecule has 1 amide bonds. The second-order valence-electron chi connectivity index (χ2n) is 4.39. The Morgan fingerprint density at radius 3 is 2.53 bits per heavy atom. The quantitative estimate of drug-likeness (QED) is 0.764. The second-order valence-corrected chi connectivity index (χ2v) is 4.39. The van der Waals surface area contributed by atoms with E-state index in [4.69, 9.17) is 5.73 Å². The van der Waals surface area contributed by atoms with Crippen molar-refractivity contribution in [2.45, 2.75) is 46.7 Å². The first-order valence-electron chi connectivity index (χ1n) is 6.00. The Morgan fingerprint density at radius 1 is 1.47 bits per heavy atom. The lowest BCUT2D eigenvalue weighted by atomic mass is 10.2. The van der Waals surface area contributed by atoms with Crippen molar-refractivity contribution in [2.75, 3.05) is 6.54 Å². The Morgan fingerprint density at radius 2 is 2.12 bits per heavy atom. The minimum Gasteiger partial charge on any atom is -0.368 e. The molecule has 17 heavy (non-hydrogen) atoms. The number of aryl methyl sites for hydroxylation is 1. The van der Waals surface area contributed by atoms with Gasteiger partial charge in [0, 0.05) is 5.69 Å². The molecular formula is C12H22N4O. The summed E-state index contributed by atoms with van der Waals surface area (Å²) in [5.74, 6) is -0.330. The van der Waals surface area contributed by atoms with Crippen LogP contribution in [0.3, 0.4) is 0 Å². The molecule has 0 saturated heterocycles. The lowest BCUT2D eigenvalue weighted by Gasteiger charge is -2.16. The third kappa shape index (κ3) is 3.30. The van der Waals surface area contributed by atoms with E-state index < -0.39 is 0 Å². The van der Waals surface area contributed by atoms with Gasteiger partial charge in [0.2, 0.25) is 5.91 Å².